The van der Waals surface area contributed by atoms with Crippen LogP contribution in [0.3, 0.4) is 0 Å². The van der Waals surface area contributed by atoms with Gasteiger partial charge in [-0.3, -0.25) is 0 Å². The quantitative estimate of drug-likeness (QED) is 0.334. The molecule has 0 aliphatic carbocycles. The van der Waals surface area contributed by atoms with Crippen molar-refractivity contribution >= 4 is 0 Å². The first kappa shape index (κ1) is 23.4. The van der Waals surface area contributed by atoms with E-state index in [0.717, 1.165) is 28.9 Å². The van der Waals surface area contributed by atoms with Crippen molar-refractivity contribution in [1.29, 1.82) is 0 Å². The fourth-order valence-corrected chi connectivity index (χ4v) is 3.98. The Morgan fingerprint density at radius 1 is 0.879 bits per heavy atom. The zero-order chi connectivity index (χ0) is 23.1. The Balaban J connectivity index is 1.31. The average Bonchev–Trinajstić information content (AvgIpc) is 3.20. The lowest BCUT2D eigenvalue weighted by atomic mass is 10.0. The lowest BCUT2D eigenvalue weighted by Crippen LogP contribution is -2.25. The number of ether oxygens (including phenoxy) is 3. The van der Waals surface area contributed by atoms with Gasteiger partial charge in [0.15, 0.2) is 11.6 Å². The second-order valence-electron chi connectivity index (χ2n) is 9.09. The fraction of sp³-hybridized carbons (Fsp3) is 0.429. The van der Waals surface area contributed by atoms with Crippen LogP contribution in [0.1, 0.15) is 52.0 Å². The van der Waals surface area contributed by atoms with Crippen LogP contribution in [-0.4, -0.2) is 35.1 Å². The maximum Gasteiger partial charge on any atom is 0.163 e. The van der Waals surface area contributed by atoms with Gasteiger partial charge in [-0.2, -0.15) is 0 Å². The van der Waals surface area contributed by atoms with Gasteiger partial charge in [-0.1, -0.05) is 50.5 Å². The third-order valence-electron chi connectivity index (χ3n) is 5.87. The molecule has 0 radical (unpaired) electrons. The molecule has 0 amide bonds. The Kier molecular flexibility index (Phi) is 7.73. The first-order chi connectivity index (χ1) is 16.0. The van der Waals surface area contributed by atoms with E-state index in [0.29, 0.717) is 19.0 Å². The molecule has 5 heteroatoms. The van der Waals surface area contributed by atoms with Gasteiger partial charge in [-0.05, 0) is 62.1 Å². The topological polar surface area (TPSA) is 53.5 Å². The van der Waals surface area contributed by atoms with E-state index in [-0.39, 0.29) is 6.10 Å². The Morgan fingerprint density at radius 3 is 2.21 bits per heavy atom. The Hall–Kier alpha value is -2.76. The molecule has 0 bridgehead atoms. The number of rotatable bonds is 10. The highest BCUT2D eigenvalue weighted by molar-refractivity contribution is 5.64. The molecule has 1 unspecified atom stereocenters. The molecule has 1 fully saturated rings. The van der Waals surface area contributed by atoms with Crippen LogP contribution in [0.25, 0.3) is 22.5 Å². The maximum absolute atomic E-state index is 5.85. The molecule has 1 aliphatic rings. The Morgan fingerprint density at radius 2 is 1.58 bits per heavy atom. The van der Waals surface area contributed by atoms with E-state index in [2.05, 4.69) is 41.2 Å². The fourth-order valence-electron chi connectivity index (χ4n) is 3.98. The minimum absolute atomic E-state index is 0.0503. The van der Waals surface area contributed by atoms with Crippen LogP contribution in [0.4, 0.5) is 0 Å². The van der Waals surface area contributed by atoms with Crippen molar-refractivity contribution in [2.45, 2.75) is 64.8 Å². The van der Waals surface area contributed by atoms with Crippen molar-refractivity contribution in [2.24, 2.45) is 0 Å². The molecule has 1 saturated heterocycles. The van der Waals surface area contributed by atoms with Crippen LogP contribution in [0.15, 0.2) is 60.9 Å². The molecule has 3 aromatic rings. The van der Waals surface area contributed by atoms with Crippen LogP contribution in [0.2, 0.25) is 0 Å². The molecule has 0 spiro atoms. The third kappa shape index (κ3) is 6.62. The number of aryl methyl sites for hydroxylation is 1. The first-order valence-electron chi connectivity index (χ1n) is 12.0. The molecule has 174 valence electrons. The summed E-state index contributed by atoms with van der Waals surface area (Å²) in [7, 11) is 0. The van der Waals surface area contributed by atoms with E-state index in [1.54, 1.807) is 0 Å². The van der Waals surface area contributed by atoms with Gasteiger partial charge in [0.05, 0.1) is 6.61 Å². The lowest BCUT2D eigenvalue weighted by molar-refractivity contribution is -0.141. The predicted molar refractivity (Wildman–Crippen MR) is 131 cm³/mol. The molecule has 1 aliphatic heterocycles. The summed E-state index contributed by atoms with van der Waals surface area (Å²) in [6.45, 7) is 7.09. The van der Waals surface area contributed by atoms with E-state index in [9.17, 15) is 0 Å². The second kappa shape index (κ2) is 10.9. The van der Waals surface area contributed by atoms with Crippen molar-refractivity contribution in [3.63, 3.8) is 0 Å². The van der Waals surface area contributed by atoms with Gasteiger partial charge in [-0.25, -0.2) is 9.97 Å². The van der Waals surface area contributed by atoms with Crippen molar-refractivity contribution in [3.05, 3.63) is 66.5 Å². The van der Waals surface area contributed by atoms with Gasteiger partial charge in [-0.15, -0.1) is 0 Å². The minimum atomic E-state index is -0.530. The number of hydrogen-bond acceptors (Lipinski definition) is 5. The summed E-state index contributed by atoms with van der Waals surface area (Å²) in [6, 6.07) is 16.6. The van der Waals surface area contributed by atoms with Gasteiger partial charge >= 0.3 is 0 Å². The van der Waals surface area contributed by atoms with Gasteiger partial charge in [0.2, 0.25) is 0 Å². The summed E-state index contributed by atoms with van der Waals surface area (Å²) in [5.41, 5.74) is 4.52. The highest BCUT2D eigenvalue weighted by atomic mass is 16.7. The summed E-state index contributed by atoms with van der Waals surface area (Å²) in [5.74, 6) is 0.961. The maximum atomic E-state index is 5.85. The van der Waals surface area contributed by atoms with Crippen molar-refractivity contribution < 1.29 is 14.2 Å². The highest BCUT2D eigenvalue weighted by Gasteiger charge is 2.32. The van der Waals surface area contributed by atoms with E-state index >= 15 is 0 Å². The number of benzene rings is 2. The summed E-state index contributed by atoms with van der Waals surface area (Å²) < 4.78 is 17.2. The number of hydrogen-bond donors (Lipinski definition) is 0. The van der Waals surface area contributed by atoms with E-state index in [1.807, 2.05) is 50.5 Å². The molecule has 1 aromatic heterocycles. The first-order valence-corrected chi connectivity index (χ1v) is 12.0. The largest absolute Gasteiger partial charge is 0.491 e. The highest BCUT2D eigenvalue weighted by Crippen LogP contribution is 2.25. The van der Waals surface area contributed by atoms with E-state index in [4.69, 9.17) is 14.2 Å². The molecule has 0 saturated carbocycles. The van der Waals surface area contributed by atoms with E-state index in [1.165, 1.54) is 31.2 Å². The van der Waals surface area contributed by atoms with Crippen LogP contribution >= 0.6 is 0 Å². The van der Waals surface area contributed by atoms with Crippen LogP contribution in [0.5, 0.6) is 5.75 Å². The van der Waals surface area contributed by atoms with Crippen molar-refractivity contribution in [1.82, 2.24) is 9.97 Å². The summed E-state index contributed by atoms with van der Waals surface area (Å²) in [6.07, 6.45) is 10.0. The van der Waals surface area contributed by atoms with E-state index < -0.39 is 5.79 Å². The molecule has 2 heterocycles. The third-order valence-corrected chi connectivity index (χ3v) is 5.87. The number of nitrogens with zero attached hydrogens (tertiary/aromatic N) is 2. The Bertz CT molecular complexity index is 999. The van der Waals surface area contributed by atoms with Gasteiger partial charge < -0.3 is 14.2 Å². The molecule has 5 nitrogen and oxygen atoms in total. The molecule has 1 atom stereocenters. The Labute approximate surface area is 197 Å². The van der Waals surface area contributed by atoms with Crippen LogP contribution in [0, 0.1) is 0 Å². The second-order valence-corrected chi connectivity index (χ2v) is 9.09. The van der Waals surface area contributed by atoms with Crippen LogP contribution in [-0.2, 0) is 15.9 Å². The predicted octanol–water partition coefficient (Wildman–Crippen LogP) is 6.46. The summed E-state index contributed by atoms with van der Waals surface area (Å²) >= 11 is 0. The molecular formula is C28H34N2O3. The van der Waals surface area contributed by atoms with Crippen molar-refractivity contribution in [2.75, 3.05) is 13.2 Å². The molecule has 0 N–H and O–H groups in total. The van der Waals surface area contributed by atoms with Gasteiger partial charge in [0.25, 0.3) is 0 Å². The standard InChI is InChI=1S/C28H34N2O3/c1-4-5-6-7-8-21-9-11-22(12-10-21)24-17-29-27(30-18-24)23-13-15-25(16-14-23)31-19-26-20-32-28(2,3)33-26/h9-18,26H,4-8,19-20H2,1-3H3. The smallest absolute Gasteiger partial charge is 0.163 e. The molecule has 4 rings (SSSR count). The van der Waals surface area contributed by atoms with Crippen molar-refractivity contribution in [3.8, 4) is 28.3 Å². The summed E-state index contributed by atoms with van der Waals surface area (Å²) in [5, 5.41) is 0. The molecule has 2 aromatic carbocycles. The SMILES string of the molecule is CCCCCCc1ccc(-c2cnc(-c3ccc(OCC4COC(C)(C)O4)cc3)nc2)cc1. The minimum Gasteiger partial charge on any atom is -0.491 e. The molecular weight excluding hydrogens is 412 g/mol. The van der Waals surface area contributed by atoms with Gasteiger partial charge in [0, 0.05) is 23.5 Å². The zero-order valence-electron chi connectivity index (χ0n) is 19.9. The van der Waals surface area contributed by atoms with Gasteiger partial charge in [0.1, 0.15) is 18.5 Å². The lowest BCUT2D eigenvalue weighted by Gasteiger charge is -2.17. The number of aromatic nitrogens is 2. The monoisotopic (exact) mass is 446 g/mol. The summed E-state index contributed by atoms with van der Waals surface area (Å²) in [4.78, 5) is 9.17. The zero-order valence-corrected chi connectivity index (χ0v) is 19.9. The molecule has 33 heavy (non-hydrogen) atoms. The number of unbranched alkanes of at least 4 members (excludes halogenated alkanes) is 3. The average molecular weight is 447 g/mol. The normalized spacial score (nSPS) is 17.2. The van der Waals surface area contributed by atoms with Crippen LogP contribution < -0.4 is 4.74 Å².